The van der Waals surface area contributed by atoms with E-state index < -0.39 is 0 Å². The van der Waals surface area contributed by atoms with Gasteiger partial charge in [0.2, 0.25) is 5.95 Å². The van der Waals surface area contributed by atoms with Gasteiger partial charge in [-0.1, -0.05) is 11.6 Å². The number of nitrogens with one attached hydrogen (secondary N) is 1. The van der Waals surface area contributed by atoms with Crippen LogP contribution in [-0.4, -0.2) is 9.97 Å². The van der Waals surface area contributed by atoms with E-state index in [0.29, 0.717) is 5.56 Å². The monoisotopic (exact) mass is 159 g/mol. The summed E-state index contributed by atoms with van der Waals surface area (Å²) < 4.78 is 0. The van der Waals surface area contributed by atoms with Crippen molar-refractivity contribution in [3.8, 4) is 0 Å². The molecule has 10 heavy (non-hydrogen) atoms. The summed E-state index contributed by atoms with van der Waals surface area (Å²) in [6.45, 7) is 1.58. The Labute approximate surface area is 62.0 Å². The standard InChI is InChI=1S/C5H6ClN3O/c1-2-3(6)8-5(7)9-4(2)10/h1H3,(H3,7,8,9,10). The number of nitrogens with zero attached hydrogens (tertiary/aromatic N) is 1. The molecule has 1 rings (SSSR count). The molecule has 3 N–H and O–H groups in total. The maximum Gasteiger partial charge on any atom is 0.256 e. The minimum atomic E-state index is -0.294. The first-order chi connectivity index (χ1) is 4.61. The van der Waals surface area contributed by atoms with Crippen LogP contribution in [0.3, 0.4) is 0 Å². The summed E-state index contributed by atoms with van der Waals surface area (Å²) in [7, 11) is 0. The number of hydrogen-bond acceptors (Lipinski definition) is 3. The van der Waals surface area contributed by atoms with Crippen LogP contribution in [0.4, 0.5) is 5.95 Å². The van der Waals surface area contributed by atoms with Crippen molar-refractivity contribution < 1.29 is 0 Å². The predicted molar refractivity (Wildman–Crippen MR) is 39.0 cm³/mol. The zero-order valence-corrected chi connectivity index (χ0v) is 6.07. The van der Waals surface area contributed by atoms with Crippen molar-refractivity contribution in [1.82, 2.24) is 9.97 Å². The summed E-state index contributed by atoms with van der Waals surface area (Å²) in [5, 5.41) is 0.154. The number of hydrogen-bond donors (Lipinski definition) is 2. The fraction of sp³-hybridized carbons (Fsp3) is 0.200. The van der Waals surface area contributed by atoms with Crippen LogP contribution in [0, 0.1) is 6.92 Å². The number of anilines is 1. The van der Waals surface area contributed by atoms with Gasteiger partial charge in [-0.15, -0.1) is 0 Å². The van der Waals surface area contributed by atoms with Crippen LogP contribution < -0.4 is 11.3 Å². The number of H-pyrrole nitrogens is 1. The van der Waals surface area contributed by atoms with Crippen LogP contribution in [0.2, 0.25) is 5.15 Å². The molecule has 0 aliphatic heterocycles. The topological polar surface area (TPSA) is 71.8 Å². The van der Waals surface area contributed by atoms with Crippen molar-refractivity contribution in [3.63, 3.8) is 0 Å². The van der Waals surface area contributed by atoms with E-state index in [9.17, 15) is 4.79 Å². The fourth-order valence-corrected chi connectivity index (χ4v) is 0.698. The van der Waals surface area contributed by atoms with Crippen LogP contribution >= 0.6 is 11.6 Å². The lowest BCUT2D eigenvalue weighted by Crippen LogP contribution is -2.13. The molecule has 0 bridgehead atoms. The number of halogens is 1. The third-order valence-electron chi connectivity index (χ3n) is 1.11. The van der Waals surface area contributed by atoms with Gasteiger partial charge in [0.05, 0.1) is 5.56 Å². The second-order valence-corrected chi connectivity index (χ2v) is 2.22. The molecule has 0 aliphatic carbocycles. The van der Waals surface area contributed by atoms with Gasteiger partial charge in [0.1, 0.15) is 5.15 Å². The lowest BCUT2D eigenvalue weighted by molar-refractivity contribution is 1.09. The Balaban J connectivity index is 3.46. The van der Waals surface area contributed by atoms with Crippen LogP contribution in [0.25, 0.3) is 0 Å². The van der Waals surface area contributed by atoms with Gasteiger partial charge in [0, 0.05) is 0 Å². The lowest BCUT2D eigenvalue weighted by atomic mass is 10.4. The van der Waals surface area contributed by atoms with E-state index in [-0.39, 0.29) is 16.7 Å². The molecule has 1 heterocycles. The van der Waals surface area contributed by atoms with Crippen molar-refractivity contribution in [1.29, 1.82) is 0 Å². The molecule has 0 aromatic carbocycles. The van der Waals surface area contributed by atoms with E-state index in [2.05, 4.69) is 9.97 Å². The van der Waals surface area contributed by atoms with Crippen molar-refractivity contribution in [2.45, 2.75) is 6.92 Å². The first-order valence-corrected chi connectivity index (χ1v) is 3.01. The number of aromatic nitrogens is 2. The number of nitrogen functional groups attached to an aromatic ring is 1. The Morgan fingerprint density at radius 3 is 2.80 bits per heavy atom. The molecule has 0 spiro atoms. The molecule has 0 radical (unpaired) electrons. The average molecular weight is 160 g/mol. The van der Waals surface area contributed by atoms with E-state index in [1.54, 1.807) is 6.92 Å². The summed E-state index contributed by atoms with van der Waals surface area (Å²) in [5.74, 6) is 0.0422. The van der Waals surface area contributed by atoms with Gasteiger partial charge in [-0.2, -0.15) is 0 Å². The SMILES string of the molecule is Cc1c(Cl)nc(N)[nH]c1=O. The minimum Gasteiger partial charge on any atom is -0.369 e. The molecule has 54 valence electrons. The highest BCUT2D eigenvalue weighted by molar-refractivity contribution is 6.30. The van der Waals surface area contributed by atoms with Gasteiger partial charge in [0.15, 0.2) is 0 Å². The van der Waals surface area contributed by atoms with Crippen molar-refractivity contribution in [2.75, 3.05) is 5.73 Å². The van der Waals surface area contributed by atoms with Crippen LogP contribution in [0.15, 0.2) is 4.79 Å². The number of rotatable bonds is 0. The fourth-order valence-electron chi connectivity index (χ4n) is 0.521. The maximum absolute atomic E-state index is 10.8. The van der Waals surface area contributed by atoms with E-state index in [1.165, 1.54) is 0 Å². The van der Waals surface area contributed by atoms with E-state index in [1.807, 2.05) is 0 Å². The molecule has 1 aromatic heterocycles. The minimum absolute atomic E-state index is 0.0422. The van der Waals surface area contributed by atoms with Gasteiger partial charge >= 0.3 is 0 Å². The van der Waals surface area contributed by atoms with E-state index >= 15 is 0 Å². The van der Waals surface area contributed by atoms with E-state index in [0.717, 1.165) is 0 Å². The smallest absolute Gasteiger partial charge is 0.256 e. The van der Waals surface area contributed by atoms with Gasteiger partial charge in [-0.3, -0.25) is 9.78 Å². The molecule has 5 heteroatoms. The highest BCUT2D eigenvalue weighted by Crippen LogP contribution is 2.05. The predicted octanol–water partition coefficient (Wildman–Crippen LogP) is 0.314. The molecular weight excluding hydrogens is 154 g/mol. The van der Waals surface area contributed by atoms with Gasteiger partial charge in [0.25, 0.3) is 5.56 Å². The van der Waals surface area contributed by atoms with Crippen LogP contribution in [-0.2, 0) is 0 Å². The summed E-state index contributed by atoms with van der Waals surface area (Å²) >= 11 is 5.51. The summed E-state index contributed by atoms with van der Waals surface area (Å²) in [6.07, 6.45) is 0. The molecule has 0 unspecified atom stereocenters. The number of aromatic amines is 1. The molecular formula is C5H6ClN3O. The molecule has 0 atom stereocenters. The van der Waals surface area contributed by atoms with Crippen LogP contribution in [0.1, 0.15) is 5.56 Å². The average Bonchev–Trinajstić information content (AvgIpc) is 1.82. The largest absolute Gasteiger partial charge is 0.369 e. The van der Waals surface area contributed by atoms with Crippen molar-refractivity contribution in [3.05, 3.63) is 21.1 Å². The Morgan fingerprint density at radius 2 is 2.30 bits per heavy atom. The molecule has 0 aliphatic rings. The Kier molecular flexibility index (Phi) is 1.63. The Morgan fingerprint density at radius 1 is 1.70 bits per heavy atom. The molecule has 0 amide bonds. The normalized spacial score (nSPS) is 9.80. The zero-order valence-electron chi connectivity index (χ0n) is 5.31. The third-order valence-corrected chi connectivity index (χ3v) is 1.48. The van der Waals surface area contributed by atoms with Gasteiger partial charge < -0.3 is 5.73 Å². The van der Waals surface area contributed by atoms with Crippen LogP contribution in [0.5, 0.6) is 0 Å². The molecule has 0 fully saturated rings. The van der Waals surface area contributed by atoms with Gasteiger partial charge in [-0.05, 0) is 6.92 Å². The summed E-state index contributed by atoms with van der Waals surface area (Å²) in [6, 6.07) is 0. The third kappa shape index (κ3) is 1.11. The second-order valence-electron chi connectivity index (χ2n) is 1.87. The Bertz CT molecular complexity index is 306. The molecule has 0 saturated heterocycles. The molecule has 4 nitrogen and oxygen atoms in total. The highest BCUT2D eigenvalue weighted by atomic mass is 35.5. The highest BCUT2D eigenvalue weighted by Gasteiger charge is 2.00. The first kappa shape index (κ1) is 7.08. The lowest BCUT2D eigenvalue weighted by Gasteiger charge is -1.95. The molecule has 1 aromatic rings. The van der Waals surface area contributed by atoms with Crippen molar-refractivity contribution in [2.24, 2.45) is 0 Å². The Hall–Kier alpha value is -1.03. The summed E-state index contributed by atoms with van der Waals surface area (Å²) in [5.41, 5.74) is 5.27. The van der Waals surface area contributed by atoms with Crippen molar-refractivity contribution >= 4 is 17.5 Å². The first-order valence-electron chi connectivity index (χ1n) is 2.63. The maximum atomic E-state index is 10.8. The van der Waals surface area contributed by atoms with Gasteiger partial charge in [-0.25, -0.2) is 4.98 Å². The zero-order chi connectivity index (χ0) is 7.72. The second kappa shape index (κ2) is 2.30. The quantitative estimate of drug-likeness (QED) is 0.536. The van der Waals surface area contributed by atoms with E-state index in [4.69, 9.17) is 17.3 Å². The summed E-state index contributed by atoms with van der Waals surface area (Å²) in [4.78, 5) is 16.7. The number of nitrogens with two attached hydrogens (primary N) is 1. The molecule has 0 saturated carbocycles.